The largest absolute Gasteiger partial charge is 0.469 e. The monoisotopic (exact) mass is 266 g/mol. The average Bonchev–Trinajstić information content (AvgIpc) is 2.37. The molecule has 6 heteroatoms. The molecule has 1 aliphatic heterocycles. The second-order valence-electron chi connectivity index (χ2n) is 3.89. The lowest BCUT2D eigenvalue weighted by Crippen LogP contribution is -2.37. The van der Waals surface area contributed by atoms with Gasteiger partial charge in [-0.25, -0.2) is 0 Å². The van der Waals surface area contributed by atoms with Crippen molar-refractivity contribution in [2.24, 2.45) is 0 Å². The van der Waals surface area contributed by atoms with Crippen molar-refractivity contribution in [3.63, 3.8) is 0 Å². The summed E-state index contributed by atoms with van der Waals surface area (Å²) in [6, 6.07) is 5.46. The van der Waals surface area contributed by atoms with Crippen LogP contribution < -0.4 is 10.6 Å². The Kier molecular flexibility index (Phi) is 3.76. The topological polar surface area (TPSA) is 72.6 Å². The lowest BCUT2D eigenvalue weighted by atomic mass is 10.2. The molecule has 0 aromatic heterocycles. The van der Waals surface area contributed by atoms with E-state index in [1.165, 1.54) is 18.9 Å². The molecule has 0 radical (unpaired) electrons. The Morgan fingerprint density at radius 2 is 2.33 bits per heavy atom. The highest BCUT2D eigenvalue weighted by Gasteiger charge is 2.25. The van der Waals surface area contributed by atoms with Gasteiger partial charge in [-0.15, -0.1) is 11.8 Å². The van der Waals surface area contributed by atoms with E-state index in [0.717, 1.165) is 10.6 Å². The van der Waals surface area contributed by atoms with Crippen LogP contribution in [0.4, 0.5) is 11.4 Å². The van der Waals surface area contributed by atoms with Crippen LogP contribution in [-0.2, 0) is 14.3 Å². The van der Waals surface area contributed by atoms with Crippen LogP contribution in [0.3, 0.4) is 0 Å². The summed E-state index contributed by atoms with van der Waals surface area (Å²) in [6.45, 7) is 0.322. The molecule has 0 fully saturated rings. The number of hydrogen-bond acceptors (Lipinski definition) is 5. The van der Waals surface area contributed by atoms with Gasteiger partial charge < -0.3 is 15.4 Å². The van der Waals surface area contributed by atoms with Crippen molar-refractivity contribution in [1.82, 2.24) is 0 Å². The Bertz CT molecular complexity index is 490. The van der Waals surface area contributed by atoms with Crippen LogP contribution in [0.5, 0.6) is 0 Å². The zero-order valence-corrected chi connectivity index (χ0v) is 10.8. The number of fused-ring (bicyclic) bond motifs is 1. The van der Waals surface area contributed by atoms with Gasteiger partial charge in [0.2, 0.25) is 5.91 Å². The number of rotatable bonds is 3. The van der Waals surface area contributed by atoms with Gasteiger partial charge in [-0.3, -0.25) is 9.59 Å². The van der Waals surface area contributed by atoms with E-state index in [0.29, 0.717) is 18.0 Å². The maximum absolute atomic E-state index is 11.9. The van der Waals surface area contributed by atoms with E-state index in [9.17, 15) is 9.59 Å². The van der Waals surface area contributed by atoms with Crippen molar-refractivity contribution in [2.75, 3.05) is 30.0 Å². The van der Waals surface area contributed by atoms with Crippen LogP contribution in [0, 0.1) is 0 Å². The number of nitrogen functional groups attached to an aromatic ring is 1. The number of hydrogen-bond donors (Lipinski definition) is 1. The van der Waals surface area contributed by atoms with Crippen molar-refractivity contribution in [3.8, 4) is 0 Å². The highest BCUT2D eigenvalue weighted by molar-refractivity contribution is 8.00. The summed E-state index contributed by atoms with van der Waals surface area (Å²) < 4.78 is 4.58. The van der Waals surface area contributed by atoms with Gasteiger partial charge in [0.05, 0.1) is 25.0 Å². The Hall–Kier alpha value is -1.69. The average molecular weight is 266 g/mol. The van der Waals surface area contributed by atoms with Crippen LogP contribution in [0.2, 0.25) is 0 Å². The first-order valence-electron chi connectivity index (χ1n) is 5.51. The number of amides is 1. The molecule has 1 aromatic rings. The summed E-state index contributed by atoms with van der Waals surface area (Å²) in [4.78, 5) is 25.6. The zero-order valence-electron chi connectivity index (χ0n) is 10.0. The van der Waals surface area contributed by atoms with Crippen molar-refractivity contribution in [3.05, 3.63) is 18.2 Å². The number of methoxy groups -OCH3 is 1. The predicted molar refractivity (Wildman–Crippen MR) is 70.6 cm³/mol. The van der Waals surface area contributed by atoms with Gasteiger partial charge in [-0.2, -0.15) is 0 Å². The Labute approximate surface area is 109 Å². The number of ether oxygens (including phenoxy) is 1. The van der Waals surface area contributed by atoms with E-state index in [1.54, 1.807) is 17.0 Å². The Balaban J connectivity index is 2.21. The molecule has 1 heterocycles. The van der Waals surface area contributed by atoms with Crippen molar-refractivity contribution in [2.45, 2.75) is 11.3 Å². The van der Waals surface area contributed by atoms with Crippen molar-refractivity contribution in [1.29, 1.82) is 0 Å². The molecule has 0 bridgehead atoms. The first-order chi connectivity index (χ1) is 8.61. The molecule has 1 aliphatic rings. The molecule has 0 spiro atoms. The van der Waals surface area contributed by atoms with Gasteiger partial charge in [0.1, 0.15) is 0 Å². The molecule has 2 N–H and O–H groups in total. The molecule has 0 atom stereocenters. The summed E-state index contributed by atoms with van der Waals surface area (Å²) >= 11 is 1.49. The lowest BCUT2D eigenvalue weighted by Gasteiger charge is -2.28. The second-order valence-corrected chi connectivity index (χ2v) is 4.90. The maximum atomic E-state index is 11.9. The molecular formula is C12H14N2O3S. The molecule has 96 valence electrons. The van der Waals surface area contributed by atoms with Gasteiger partial charge in [-0.05, 0) is 18.2 Å². The number of thioether (sulfide) groups is 1. The Morgan fingerprint density at radius 3 is 3.06 bits per heavy atom. The summed E-state index contributed by atoms with van der Waals surface area (Å²) in [5.74, 6) is 0.0476. The third kappa shape index (κ3) is 2.59. The lowest BCUT2D eigenvalue weighted by molar-refractivity contribution is -0.140. The van der Waals surface area contributed by atoms with Crippen LogP contribution in [0.15, 0.2) is 23.1 Å². The summed E-state index contributed by atoms with van der Waals surface area (Å²) in [6.07, 6.45) is 0.182. The van der Waals surface area contributed by atoms with E-state index < -0.39 is 0 Å². The molecule has 18 heavy (non-hydrogen) atoms. The maximum Gasteiger partial charge on any atom is 0.307 e. The normalized spacial score (nSPS) is 14.3. The number of nitrogens with zero attached hydrogens (tertiary/aromatic N) is 1. The molecular weight excluding hydrogens is 252 g/mol. The first kappa shape index (κ1) is 12.8. The van der Waals surface area contributed by atoms with E-state index >= 15 is 0 Å². The van der Waals surface area contributed by atoms with Crippen LogP contribution in [0.25, 0.3) is 0 Å². The van der Waals surface area contributed by atoms with Crippen LogP contribution in [0.1, 0.15) is 6.42 Å². The minimum atomic E-state index is -0.327. The standard InChI is InChI=1S/C12H14N2O3S/c1-17-12(16)4-5-14-9-6-8(13)2-3-10(9)18-7-11(14)15/h2-3,6H,4-5,7,13H2,1H3. The first-order valence-corrected chi connectivity index (χ1v) is 6.50. The molecule has 5 nitrogen and oxygen atoms in total. The zero-order chi connectivity index (χ0) is 13.1. The highest BCUT2D eigenvalue weighted by atomic mass is 32.2. The molecule has 0 saturated carbocycles. The van der Waals surface area contributed by atoms with Crippen molar-refractivity contribution < 1.29 is 14.3 Å². The van der Waals surface area contributed by atoms with E-state index in [1.807, 2.05) is 6.07 Å². The number of nitrogens with two attached hydrogens (primary N) is 1. The second kappa shape index (κ2) is 5.30. The summed E-state index contributed by atoms with van der Waals surface area (Å²) in [7, 11) is 1.34. The molecule has 2 rings (SSSR count). The minimum absolute atomic E-state index is 0.0120. The smallest absolute Gasteiger partial charge is 0.307 e. The molecule has 0 aliphatic carbocycles. The fourth-order valence-electron chi connectivity index (χ4n) is 1.77. The quantitative estimate of drug-likeness (QED) is 0.659. The van der Waals surface area contributed by atoms with Gasteiger partial charge >= 0.3 is 5.97 Å². The minimum Gasteiger partial charge on any atom is -0.469 e. The van der Waals surface area contributed by atoms with Gasteiger partial charge in [0, 0.05) is 17.1 Å². The third-order valence-electron chi connectivity index (χ3n) is 2.69. The fraction of sp³-hybridized carbons (Fsp3) is 0.333. The molecule has 1 aromatic carbocycles. The van der Waals surface area contributed by atoms with Crippen LogP contribution in [-0.4, -0.2) is 31.3 Å². The highest BCUT2D eigenvalue weighted by Crippen LogP contribution is 2.36. The third-order valence-corrected chi connectivity index (χ3v) is 3.74. The number of benzene rings is 1. The van der Waals surface area contributed by atoms with Gasteiger partial charge in [0.15, 0.2) is 0 Å². The van der Waals surface area contributed by atoms with Gasteiger partial charge in [-0.1, -0.05) is 0 Å². The summed E-state index contributed by atoms with van der Waals surface area (Å²) in [5, 5.41) is 0. The Morgan fingerprint density at radius 1 is 1.56 bits per heavy atom. The SMILES string of the molecule is COC(=O)CCN1C(=O)CSc2ccc(N)cc21. The van der Waals surface area contributed by atoms with E-state index in [-0.39, 0.29) is 18.3 Å². The molecule has 1 amide bonds. The van der Waals surface area contributed by atoms with Gasteiger partial charge in [0.25, 0.3) is 0 Å². The summed E-state index contributed by atoms with van der Waals surface area (Å²) in [5.41, 5.74) is 7.11. The predicted octanol–water partition coefficient (Wildman–Crippen LogP) is 1.27. The molecule has 0 saturated heterocycles. The number of anilines is 2. The van der Waals surface area contributed by atoms with E-state index in [4.69, 9.17) is 5.73 Å². The number of carbonyl (C=O) groups excluding carboxylic acids is 2. The van der Waals surface area contributed by atoms with E-state index in [2.05, 4.69) is 4.74 Å². The van der Waals surface area contributed by atoms with Crippen molar-refractivity contribution >= 4 is 35.0 Å². The van der Waals surface area contributed by atoms with Crippen LogP contribution >= 0.6 is 11.8 Å². The fourth-order valence-corrected chi connectivity index (χ4v) is 2.69. The number of esters is 1. The molecule has 0 unspecified atom stereocenters. The number of carbonyl (C=O) groups is 2.